The first-order chi connectivity index (χ1) is 8.33. The average molecular weight is 250 g/mol. The second-order valence-corrected chi connectivity index (χ2v) is 5.42. The molecule has 17 heavy (non-hydrogen) atoms. The van der Waals surface area contributed by atoms with Crippen LogP contribution >= 0.6 is 11.3 Å². The van der Waals surface area contributed by atoms with Crippen LogP contribution in [0.5, 0.6) is 0 Å². The van der Waals surface area contributed by atoms with Crippen LogP contribution in [-0.2, 0) is 11.3 Å². The normalized spacial score (nSPS) is 18.7. The van der Waals surface area contributed by atoms with E-state index in [1.165, 1.54) is 19.3 Å². The van der Waals surface area contributed by atoms with E-state index in [9.17, 15) is 4.79 Å². The first-order valence-electron chi connectivity index (χ1n) is 5.87. The van der Waals surface area contributed by atoms with E-state index in [0.717, 1.165) is 10.6 Å². The molecule has 90 valence electrons. The Labute approximate surface area is 104 Å². The van der Waals surface area contributed by atoms with Crippen LogP contribution in [0.3, 0.4) is 0 Å². The molecule has 2 aliphatic rings. The van der Waals surface area contributed by atoms with Crippen molar-refractivity contribution >= 4 is 23.5 Å². The Hall–Kier alpha value is -1.36. The molecule has 1 aromatic rings. The van der Waals surface area contributed by atoms with Gasteiger partial charge in [0.1, 0.15) is 0 Å². The summed E-state index contributed by atoms with van der Waals surface area (Å²) in [4.78, 5) is 18.7. The van der Waals surface area contributed by atoms with Gasteiger partial charge in [-0.3, -0.25) is 4.90 Å². The van der Waals surface area contributed by atoms with Crippen LogP contribution in [0.2, 0.25) is 0 Å². The lowest BCUT2D eigenvalue weighted by molar-refractivity contribution is 0.0810. The third-order valence-corrected chi connectivity index (χ3v) is 4.13. The molecule has 0 unspecified atom stereocenters. The molecule has 1 aliphatic carbocycles. The van der Waals surface area contributed by atoms with E-state index >= 15 is 0 Å². The zero-order valence-electron chi connectivity index (χ0n) is 9.46. The molecule has 1 fully saturated rings. The lowest BCUT2D eigenvalue weighted by Gasteiger charge is -2.26. The van der Waals surface area contributed by atoms with Crippen LogP contribution in [0, 0.1) is 5.92 Å². The van der Waals surface area contributed by atoms with E-state index in [-0.39, 0.29) is 6.09 Å². The van der Waals surface area contributed by atoms with Crippen molar-refractivity contribution in [1.29, 1.82) is 0 Å². The SMILES string of the molecule is O=C(OCC1CCC1)N1C=Cc2ncsc2C1. The number of nitrogens with zero attached hydrogens (tertiary/aromatic N) is 2. The quantitative estimate of drug-likeness (QED) is 0.810. The Morgan fingerprint density at radius 2 is 2.47 bits per heavy atom. The summed E-state index contributed by atoms with van der Waals surface area (Å²) in [7, 11) is 0. The summed E-state index contributed by atoms with van der Waals surface area (Å²) in [6, 6.07) is 0. The maximum absolute atomic E-state index is 11.8. The van der Waals surface area contributed by atoms with E-state index < -0.39 is 0 Å². The zero-order chi connectivity index (χ0) is 11.7. The number of aromatic nitrogens is 1. The molecule has 0 radical (unpaired) electrons. The molecular weight excluding hydrogens is 236 g/mol. The van der Waals surface area contributed by atoms with E-state index in [2.05, 4.69) is 4.98 Å². The van der Waals surface area contributed by atoms with Crippen molar-refractivity contribution in [2.24, 2.45) is 5.92 Å². The predicted molar refractivity (Wildman–Crippen MR) is 65.4 cm³/mol. The maximum atomic E-state index is 11.8. The minimum absolute atomic E-state index is 0.243. The number of thiazole rings is 1. The molecule has 1 amide bonds. The average Bonchev–Trinajstić information content (AvgIpc) is 2.73. The molecule has 0 bridgehead atoms. The Bertz CT molecular complexity index is 451. The standard InChI is InChI=1S/C12H14N2O2S/c15-12(16-7-9-2-1-3-9)14-5-4-10-11(6-14)17-8-13-10/h4-5,8-9H,1-3,6-7H2. The van der Waals surface area contributed by atoms with Crippen LogP contribution < -0.4 is 0 Å². The summed E-state index contributed by atoms with van der Waals surface area (Å²) >= 11 is 1.57. The molecule has 0 saturated heterocycles. The zero-order valence-corrected chi connectivity index (χ0v) is 10.3. The van der Waals surface area contributed by atoms with Gasteiger partial charge in [0, 0.05) is 6.20 Å². The van der Waals surface area contributed by atoms with Crippen molar-refractivity contribution in [2.75, 3.05) is 6.61 Å². The minimum Gasteiger partial charge on any atom is -0.449 e. The number of carbonyl (C=O) groups is 1. The number of hydrogen-bond donors (Lipinski definition) is 0. The van der Waals surface area contributed by atoms with Crippen molar-refractivity contribution in [1.82, 2.24) is 9.88 Å². The monoisotopic (exact) mass is 250 g/mol. The summed E-state index contributed by atoms with van der Waals surface area (Å²) in [5, 5.41) is 0. The summed E-state index contributed by atoms with van der Waals surface area (Å²) in [5.41, 5.74) is 2.77. The third kappa shape index (κ3) is 2.20. The van der Waals surface area contributed by atoms with Gasteiger partial charge in [-0.1, -0.05) is 6.42 Å². The van der Waals surface area contributed by atoms with Crippen molar-refractivity contribution < 1.29 is 9.53 Å². The molecule has 0 spiro atoms. The Morgan fingerprint density at radius 1 is 1.59 bits per heavy atom. The Morgan fingerprint density at radius 3 is 3.24 bits per heavy atom. The molecule has 0 aromatic carbocycles. The maximum Gasteiger partial charge on any atom is 0.414 e. The van der Waals surface area contributed by atoms with Gasteiger partial charge in [0.2, 0.25) is 0 Å². The number of amides is 1. The second kappa shape index (κ2) is 4.49. The molecule has 2 heterocycles. The molecular formula is C12H14N2O2S. The van der Waals surface area contributed by atoms with Crippen LogP contribution in [0.15, 0.2) is 11.7 Å². The van der Waals surface area contributed by atoms with Gasteiger partial charge >= 0.3 is 6.09 Å². The first kappa shape index (κ1) is 10.8. The molecule has 0 atom stereocenters. The van der Waals surface area contributed by atoms with Crippen molar-refractivity contribution in [3.63, 3.8) is 0 Å². The summed E-state index contributed by atoms with van der Waals surface area (Å²) in [5.74, 6) is 0.590. The lowest BCUT2D eigenvalue weighted by atomic mass is 9.86. The summed E-state index contributed by atoms with van der Waals surface area (Å²) in [6.07, 6.45) is 7.04. The van der Waals surface area contributed by atoms with Gasteiger partial charge in [-0.25, -0.2) is 9.78 Å². The Kier molecular flexibility index (Phi) is 2.84. The van der Waals surface area contributed by atoms with Crippen molar-refractivity contribution in [3.8, 4) is 0 Å². The molecule has 1 aromatic heterocycles. The highest BCUT2D eigenvalue weighted by molar-refractivity contribution is 7.09. The van der Waals surface area contributed by atoms with Crippen LogP contribution in [0.4, 0.5) is 4.79 Å². The highest BCUT2D eigenvalue weighted by Crippen LogP contribution is 2.27. The van der Waals surface area contributed by atoms with E-state index in [0.29, 0.717) is 19.1 Å². The number of carbonyl (C=O) groups excluding carboxylic acids is 1. The van der Waals surface area contributed by atoms with E-state index in [4.69, 9.17) is 4.74 Å². The third-order valence-electron chi connectivity index (χ3n) is 3.30. The Balaban J connectivity index is 1.56. The molecule has 1 aliphatic heterocycles. The van der Waals surface area contributed by atoms with Gasteiger partial charge in [-0.05, 0) is 24.8 Å². The van der Waals surface area contributed by atoms with Crippen LogP contribution in [-0.4, -0.2) is 22.6 Å². The lowest BCUT2D eigenvalue weighted by Crippen LogP contribution is -2.30. The highest BCUT2D eigenvalue weighted by atomic mass is 32.1. The number of ether oxygens (including phenoxy) is 1. The minimum atomic E-state index is -0.243. The van der Waals surface area contributed by atoms with Gasteiger partial charge in [0.25, 0.3) is 0 Å². The number of hydrogen-bond acceptors (Lipinski definition) is 4. The molecule has 3 rings (SSSR count). The van der Waals surface area contributed by atoms with E-state index in [1.54, 1.807) is 27.9 Å². The second-order valence-electron chi connectivity index (χ2n) is 4.48. The van der Waals surface area contributed by atoms with Crippen LogP contribution in [0.1, 0.15) is 29.8 Å². The topological polar surface area (TPSA) is 42.4 Å². The van der Waals surface area contributed by atoms with Gasteiger partial charge < -0.3 is 4.74 Å². The van der Waals surface area contributed by atoms with Gasteiger partial charge in [-0.15, -0.1) is 11.3 Å². The summed E-state index contributed by atoms with van der Waals surface area (Å²) < 4.78 is 5.30. The predicted octanol–water partition coefficient (Wildman–Crippen LogP) is 2.87. The molecule has 5 heteroatoms. The number of fused-ring (bicyclic) bond motifs is 1. The van der Waals surface area contributed by atoms with Crippen LogP contribution in [0.25, 0.3) is 6.08 Å². The van der Waals surface area contributed by atoms with Crippen molar-refractivity contribution in [3.05, 3.63) is 22.3 Å². The van der Waals surface area contributed by atoms with Gasteiger partial charge in [0.05, 0.1) is 29.2 Å². The fourth-order valence-corrected chi connectivity index (χ4v) is 2.71. The molecule has 1 saturated carbocycles. The molecule has 0 N–H and O–H groups in total. The smallest absolute Gasteiger partial charge is 0.414 e. The van der Waals surface area contributed by atoms with E-state index in [1.807, 2.05) is 6.08 Å². The fraction of sp³-hybridized carbons (Fsp3) is 0.500. The first-order valence-corrected chi connectivity index (χ1v) is 6.75. The van der Waals surface area contributed by atoms with Crippen molar-refractivity contribution in [2.45, 2.75) is 25.8 Å². The van der Waals surface area contributed by atoms with Gasteiger partial charge in [-0.2, -0.15) is 0 Å². The number of rotatable bonds is 2. The van der Waals surface area contributed by atoms with Gasteiger partial charge in [0.15, 0.2) is 0 Å². The summed E-state index contributed by atoms with van der Waals surface area (Å²) in [6.45, 7) is 1.15. The molecule has 4 nitrogen and oxygen atoms in total. The fourth-order valence-electron chi connectivity index (χ4n) is 1.96. The highest BCUT2D eigenvalue weighted by Gasteiger charge is 2.23. The largest absolute Gasteiger partial charge is 0.449 e.